The van der Waals surface area contributed by atoms with Crippen molar-refractivity contribution in [2.24, 2.45) is 0 Å². The fourth-order valence-corrected chi connectivity index (χ4v) is 1.80. The summed E-state index contributed by atoms with van der Waals surface area (Å²) < 4.78 is 4.69. The number of hydrogen-bond acceptors (Lipinski definition) is 3. The van der Waals surface area contributed by atoms with Crippen molar-refractivity contribution in [2.75, 3.05) is 7.11 Å². The SMILES string of the molecule is COC(=O)c1cccc2ccc(C(=O)Cl)cc12. The van der Waals surface area contributed by atoms with Gasteiger partial charge in [0, 0.05) is 5.56 Å². The van der Waals surface area contributed by atoms with Gasteiger partial charge in [-0.1, -0.05) is 18.2 Å². The van der Waals surface area contributed by atoms with Crippen LogP contribution in [0.5, 0.6) is 0 Å². The van der Waals surface area contributed by atoms with Crippen LogP contribution < -0.4 is 0 Å². The van der Waals surface area contributed by atoms with E-state index in [9.17, 15) is 9.59 Å². The summed E-state index contributed by atoms with van der Waals surface area (Å²) in [5.74, 6) is -0.435. The molecule has 4 heteroatoms. The number of fused-ring (bicyclic) bond motifs is 1. The summed E-state index contributed by atoms with van der Waals surface area (Å²) in [4.78, 5) is 22.7. The molecule has 2 aromatic carbocycles. The van der Waals surface area contributed by atoms with E-state index in [1.54, 1.807) is 30.3 Å². The van der Waals surface area contributed by atoms with Gasteiger partial charge in [-0.3, -0.25) is 4.79 Å². The molecule has 0 N–H and O–H groups in total. The van der Waals surface area contributed by atoms with Gasteiger partial charge in [0.1, 0.15) is 0 Å². The van der Waals surface area contributed by atoms with Gasteiger partial charge < -0.3 is 4.74 Å². The highest BCUT2D eigenvalue weighted by Crippen LogP contribution is 2.22. The Bertz CT molecular complexity index is 605. The number of methoxy groups -OCH3 is 1. The highest BCUT2D eigenvalue weighted by molar-refractivity contribution is 6.67. The first-order valence-electron chi connectivity index (χ1n) is 4.94. The van der Waals surface area contributed by atoms with Crippen LogP contribution in [0.25, 0.3) is 10.8 Å². The van der Waals surface area contributed by atoms with Gasteiger partial charge >= 0.3 is 5.97 Å². The largest absolute Gasteiger partial charge is 0.465 e. The molecular weight excluding hydrogens is 240 g/mol. The van der Waals surface area contributed by atoms with Gasteiger partial charge in [0.2, 0.25) is 0 Å². The highest BCUT2D eigenvalue weighted by atomic mass is 35.5. The summed E-state index contributed by atoms with van der Waals surface area (Å²) in [6, 6.07) is 10.2. The summed E-state index contributed by atoms with van der Waals surface area (Å²) in [7, 11) is 1.32. The van der Waals surface area contributed by atoms with E-state index >= 15 is 0 Å². The number of ether oxygens (including phenoxy) is 1. The molecule has 0 saturated carbocycles. The Kier molecular flexibility index (Phi) is 3.11. The Hall–Kier alpha value is -1.87. The highest BCUT2D eigenvalue weighted by Gasteiger charge is 2.11. The van der Waals surface area contributed by atoms with Gasteiger partial charge in [0.05, 0.1) is 12.7 Å². The third kappa shape index (κ3) is 2.15. The lowest BCUT2D eigenvalue weighted by molar-refractivity contribution is 0.0603. The summed E-state index contributed by atoms with van der Waals surface area (Å²) in [6.07, 6.45) is 0. The van der Waals surface area contributed by atoms with Crippen LogP contribution in [0.3, 0.4) is 0 Å². The summed E-state index contributed by atoms with van der Waals surface area (Å²) in [6.45, 7) is 0. The monoisotopic (exact) mass is 248 g/mol. The van der Waals surface area contributed by atoms with Crippen molar-refractivity contribution >= 4 is 33.6 Å². The molecule has 2 aromatic rings. The second-order valence-corrected chi connectivity index (χ2v) is 3.85. The number of rotatable bonds is 2. The van der Waals surface area contributed by atoms with E-state index < -0.39 is 11.2 Å². The Morgan fingerprint density at radius 2 is 1.94 bits per heavy atom. The Morgan fingerprint density at radius 1 is 1.18 bits per heavy atom. The number of carbonyl (C=O) groups is 2. The molecule has 0 aliphatic heterocycles. The molecule has 0 heterocycles. The van der Waals surface area contributed by atoms with Crippen LogP contribution in [0.4, 0.5) is 0 Å². The minimum absolute atomic E-state index is 0.357. The molecule has 0 bridgehead atoms. The first-order chi connectivity index (χ1) is 8.13. The maximum atomic E-state index is 11.6. The van der Waals surface area contributed by atoms with Crippen LogP contribution in [-0.2, 0) is 4.74 Å². The molecule has 0 atom stereocenters. The lowest BCUT2D eigenvalue weighted by Gasteiger charge is -2.05. The number of esters is 1. The van der Waals surface area contributed by atoms with Crippen LogP contribution in [0.15, 0.2) is 36.4 Å². The quantitative estimate of drug-likeness (QED) is 0.606. The molecule has 3 nitrogen and oxygen atoms in total. The summed E-state index contributed by atoms with van der Waals surface area (Å²) >= 11 is 5.41. The van der Waals surface area contributed by atoms with Crippen molar-refractivity contribution in [1.29, 1.82) is 0 Å². The minimum Gasteiger partial charge on any atom is -0.465 e. The normalized spacial score (nSPS) is 10.2. The Morgan fingerprint density at radius 3 is 2.59 bits per heavy atom. The van der Waals surface area contributed by atoms with E-state index in [1.807, 2.05) is 6.07 Å². The number of hydrogen-bond donors (Lipinski definition) is 0. The molecule has 2 rings (SSSR count). The molecule has 0 fully saturated rings. The van der Waals surface area contributed by atoms with Crippen molar-refractivity contribution in [3.05, 3.63) is 47.5 Å². The molecule has 86 valence electrons. The lowest BCUT2D eigenvalue weighted by Crippen LogP contribution is -2.02. The molecule has 0 saturated heterocycles. The average Bonchev–Trinajstić information content (AvgIpc) is 2.36. The zero-order chi connectivity index (χ0) is 12.4. The maximum absolute atomic E-state index is 11.6. The Labute approximate surface area is 103 Å². The van der Waals surface area contributed by atoms with Crippen LogP contribution in [-0.4, -0.2) is 18.3 Å². The molecule has 0 spiro atoms. The standard InChI is InChI=1S/C13H9ClO3/c1-17-13(16)10-4-2-3-8-5-6-9(12(14)15)7-11(8)10/h2-7H,1H3. The van der Waals surface area contributed by atoms with Crippen molar-refractivity contribution in [3.63, 3.8) is 0 Å². The average molecular weight is 249 g/mol. The number of benzene rings is 2. The molecule has 0 radical (unpaired) electrons. The molecule has 0 aliphatic rings. The van der Waals surface area contributed by atoms with Crippen molar-refractivity contribution < 1.29 is 14.3 Å². The Balaban J connectivity index is 2.72. The smallest absolute Gasteiger partial charge is 0.338 e. The van der Waals surface area contributed by atoms with Crippen LogP contribution in [0.1, 0.15) is 20.7 Å². The molecule has 17 heavy (non-hydrogen) atoms. The van der Waals surface area contributed by atoms with E-state index in [-0.39, 0.29) is 0 Å². The predicted molar refractivity (Wildman–Crippen MR) is 65.5 cm³/mol. The maximum Gasteiger partial charge on any atom is 0.338 e. The van der Waals surface area contributed by atoms with E-state index in [0.29, 0.717) is 16.5 Å². The van der Waals surface area contributed by atoms with Gasteiger partial charge in [-0.2, -0.15) is 0 Å². The van der Waals surface area contributed by atoms with Crippen LogP contribution in [0.2, 0.25) is 0 Å². The second kappa shape index (κ2) is 4.55. The molecular formula is C13H9ClO3. The van der Waals surface area contributed by atoms with Crippen LogP contribution >= 0.6 is 11.6 Å². The predicted octanol–water partition coefficient (Wildman–Crippen LogP) is 3.01. The van der Waals surface area contributed by atoms with Crippen LogP contribution in [0, 0.1) is 0 Å². The topological polar surface area (TPSA) is 43.4 Å². The second-order valence-electron chi connectivity index (χ2n) is 3.51. The van der Waals surface area contributed by atoms with Gasteiger partial charge in [-0.25, -0.2) is 4.79 Å². The van der Waals surface area contributed by atoms with Gasteiger partial charge in [0.15, 0.2) is 0 Å². The number of halogens is 1. The fraction of sp³-hybridized carbons (Fsp3) is 0.0769. The first kappa shape index (κ1) is 11.6. The van der Waals surface area contributed by atoms with E-state index in [1.165, 1.54) is 7.11 Å². The third-order valence-electron chi connectivity index (χ3n) is 2.51. The third-order valence-corrected chi connectivity index (χ3v) is 2.73. The van der Waals surface area contributed by atoms with E-state index in [2.05, 4.69) is 4.74 Å². The minimum atomic E-state index is -0.549. The van der Waals surface area contributed by atoms with Gasteiger partial charge in [0.25, 0.3) is 5.24 Å². The van der Waals surface area contributed by atoms with Gasteiger partial charge in [-0.05, 0) is 40.6 Å². The van der Waals surface area contributed by atoms with E-state index in [0.717, 1.165) is 5.39 Å². The van der Waals surface area contributed by atoms with E-state index in [4.69, 9.17) is 11.6 Å². The summed E-state index contributed by atoms with van der Waals surface area (Å²) in [5.41, 5.74) is 0.778. The van der Waals surface area contributed by atoms with Crippen molar-refractivity contribution in [2.45, 2.75) is 0 Å². The van der Waals surface area contributed by atoms with Gasteiger partial charge in [-0.15, -0.1) is 0 Å². The zero-order valence-electron chi connectivity index (χ0n) is 9.07. The molecule has 0 aromatic heterocycles. The molecule has 0 unspecified atom stereocenters. The lowest BCUT2D eigenvalue weighted by atomic mass is 10.0. The molecule has 0 amide bonds. The summed E-state index contributed by atoms with van der Waals surface area (Å²) in [5, 5.41) is 0.965. The van der Waals surface area contributed by atoms with Crippen molar-refractivity contribution in [3.8, 4) is 0 Å². The molecule has 0 aliphatic carbocycles. The number of carbonyl (C=O) groups excluding carboxylic acids is 2. The zero-order valence-corrected chi connectivity index (χ0v) is 9.82. The van der Waals surface area contributed by atoms with Crippen molar-refractivity contribution in [1.82, 2.24) is 0 Å². The first-order valence-corrected chi connectivity index (χ1v) is 5.32. The fourth-order valence-electron chi connectivity index (χ4n) is 1.68.